The van der Waals surface area contributed by atoms with Crippen LogP contribution in [0.1, 0.15) is 18.9 Å². The van der Waals surface area contributed by atoms with Crippen LogP contribution in [0.5, 0.6) is 0 Å². The fourth-order valence-corrected chi connectivity index (χ4v) is 4.53. The SMILES string of the molecule is O=C(CSc1nnc(-c2c[nH]c3ccccc23)n1C1CC1)Nc1cc(Cl)ccc1Cl. The maximum Gasteiger partial charge on any atom is 0.234 e. The first-order valence-corrected chi connectivity index (χ1v) is 11.2. The van der Waals surface area contributed by atoms with Crippen molar-refractivity contribution in [3.8, 4) is 11.4 Å². The van der Waals surface area contributed by atoms with E-state index in [0.717, 1.165) is 40.3 Å². The van der Waals surface area contributed by atoms with Gasteiger partial charge in [0.2, 0.25) is 5.91 Å². The van der Waals surface area contributed by atoms with Gasteiger partial charge in [0.25, 0.3) is 0 Å². The Morgan fingerprint density at radius 1 is 1.20 bits per heavy atom. The number of H-pyrrole nitrogens is 1. The van der Waals surface area contributed by atoms with E-state index in [1.807, 2.05) is 24.4 Å². The molecule has 0 radical (unpaired) electrons. The van der Waals surface area contributed by atoms with E-state index in [9.17, 15) is 4.79 Å². The number of nitrogens with one attached hydrogen (secondary N) is 2. The molecule has 30 heavy (non-hydrogen) atoms. The Morgan fingerprint density at radius 3 is 2.87 bits per heavy atom. The molecular weight excluding hydrogens is 441 g/mol. The number of aromatic nitrogens is 4. The average Bonchev–Trinajstić information content (AvgIpc) is 3.35. The second-order valence-corrected chi connectivity index (χ2v) is 8.90. The van der Waals surface area contributed by atoms with Crippen molar-refractivity contribution in [2.24, 2.45) is 0 Å². The number of aromatic amines is 1. The first kappa shape index (κ1) is 19.5. The lowest BCUT2D eigenvalue weighted by Gasteiger charge is -2.09. The van der Waals surface area contributed by atoms with Crippen LogP contribution in [0.15, 0.2) is 53.8 Å². The van der Waals surface area contributed by atoms with Crippen molar-refractivity contribution in [3.63, 3.8) is 0 Å². The minimum Gasteiger partial charge on any atom is -0.360 e. The highest BCUT2D eigenvalue weighted by atomic mass is 35.5. The molecule has 1 amide bonds. The lowest BCUT2D eigenvalue weighted by Crippen LogP contribution is -2.15. The summed E-state index contributed by atoms with van der Waals surface area (Å²) in [5, 5.41) is 14.5. The number of rotatable bonds is 6. The summed E-state index contributed by atoms with van der Waals surface area (Å²) in [6.07, 6.45) is 4.15. The molecule has 0 unspecified atom stereocenters. The zero-order valence-corrected chi connectivity index (χ0v) is 18.1. The molecule has 0 atom stereocenters. The van der Waals surface area contributed by atoms with E-state index >= 15 is 0 Å². The van der Waals surface area contributed by atoms with E-state index in [2.05, 4.69) is 31.1 Å². The molecule has 1 saturated carbocycles. The summed E-state index contributed by atoms with van der Waals surface area (Å²) in [5.41, 5.74) is 2.58. The van der Waals surface area contributed by atoms with Crippen molar-refractivity contribution in [2.45, 2.75) is 24.0 Å². The fourth-order valence-electron chi connectivity index (χ4n) is 3.39. The van der Waals surface area contributed by atoms with E-state index in [0.29, 0.717) is 21.8 Å². The molecule has 2 aromatic heterocycles. The van der Waals surface area contributed by atoms with Crippen LogP contribution < -0.4 is 5.32 Å². The van der Waals surface area contributed by atoms with E-state index in [4.69, 9.17) is 23.2 Å². The monoisotopic (exact) mass is 457 g/mol. The van der Waals surface area contributed by atoms with Crippen LogP contribution >= 0.6 is 35.0 Å². The molecule has 1 fully saturated rings. The van der Waals surface area contributed by atoms with E-state index < -0.39 is 0 Å². The number of hydrogen-bond donors (Lipinski definition) is 2. The lowest BCUT2D eigenvalue weighted by molar-refractivity contribution is -0.113. The molecule has 5 rings (SSSR count). The van der Waals surface area contributed by atoms with Crippen LogP contribution in [-0.2, 0) is 4.79 Å². The summed E-state index contributed by atoms with van der Waals surface area (Å²) < 4.78 is 2.15. The Hall–Kier alpha value is -2.48. The Morgan fingerprint density at radius 2 is 2.03 bits per heavy atom. The Balaban J connectivity index is 1.37. The van der Waals surface area contributed by atoms with Crippen molar-refractivity contribution in [2.75, 3.05) is 11.1 Å². The summed E-state index contributed by atoms with van der Waals surface area (Å²) in [6.45, 7) is 0. The highest BCUT2D eigenvalue weighted by Gasteiger charge is 2.31. The van der Waals surface area contributed by atoms with Gasteiger partial charge in [-0.3, -0.25) is 9.36 Å². The molecule has 0 aliphatic heterocycles. The van der Waals surface area contributed by atoms with Crippen molar-refractivity contribution in [1.29, 1.82) is 0 Å². The molecular formula is C21H17Cl2N5OS. The van der Waals surface area contributed by atoms with Gasteiger partial charge in [0.05, 0.1) is 16.5 Å². The predicted molar refractivity (Wildman–Crippen MR) is 121 cm³/mol. The Kier molecular flexibility index (Phi) is 5.18. The van der Waals surface area contributed by atoms with Crippen LogP contribution in [0.2, 0.25) is 10.0 Å². The average molecular weight is 458 g/mol. The molecule has 2 N–H and O–H groups in total. The molecule has 6 nitrogen and oxygen atoms in total. The van der Waals surface area contributed by atoms with Crippen LogP contribution in [0.4, 0.5) is 5.69 Å². The maximum absolute atomic E-state index is 12.5. The van der Waals surface area contributed by atoms with Gasteiger partial charge < -0.3 is 10.3 Å². The molecule has 152 valence electrons. The molecule has 2 aromatic carbocycles. The number of carbonyl (C=O) groups excluding carboxylic acids is 1. The van der Waals surface area contributed by atoms with Crippen LogP contribution in [-0.4, -0.2) is 31.4 Å². The Bertz CT molecular complexity index is 1250. The van der Waals surface area contributed by atoms with Gasteiger partial charge >= 0.3 is 0 Å². The first-order valence-electron chi connectivity index (χ1n) is 9.49. The van der Waals surface area contributed by atoms with E-state index in [1.165, 1.54) is 11.8 Å². The minimum atomic E-state index is -0.178. The number of benzene rings is 2. The maximum atomic E-state index is 12.5. The summed E-state index contributed by atoms with van der Waals surface area (Å²) in [5.74, 6) is 0.848. The number of amides is 1. The molecule has 1 aliphatic carbocycles. The van der Waals surface area contributed by atoms with Crippen molar-refractivity contribution in [3.05, 3.63) is 58.7 Å². The van der Waals surface area contributed by atoms with Gasteiger partial charge in [-0.25, -0.2) is 0 Å². The summed E-state index contributed by atoms with van der Waals surface area (Å²) in [4.78, 5) is 15.8. The van der Waals surface area contributed by atoms with Gasteiger partial charge in [0.15, 0.2) is 11.0 Å². The second-order valence-electron chi connectivity index (χ2n) is 7.12. The predicted octanol–water partition coefficient (Wildman–Crippen LogP) is 5.80. The number of fused-ring (bicyclic) bond motifs is 1. The zero-order valence-electron chi connectivity index (χ0n) is 15.7. The van der Waals surface area contributed by atoms with Gasteiger partial charge in [-0.1, -0.05) is 53.2 Å². The van der Waals surface area contributed by atoms with Crippen LogP contribution in [0.25, 0.3) is 22.3 Å². The van der Waals surface area contributed by atoms with Crippen LogP contribution in [0, 0.1) is 0 Å². The third kappa shape index (κ3) is 3.80. The number of carbonyl (C=O) groups is 1. The van der Waals surface area contributed by atoms with E-state index in [1.54, 1.807) is 18.2 Å². The minimum absolute atomic E-state index is 0.178. The molecule has 4 aromatic rings. The number of thioether (sulfide) groups is 1. The summed E-state index contributed by atoms with van der Waals surface area (Å²) >= 11 is 13.5. The largest absolute Gasteiger partial charge is 0.360 e. The summed E-state index contributed by atoms with van der Waals surface area (Å²) in [6, 6.07) is 13.5. The third-order valence-corrected chi connectivity index (χ3v) is 6.45. The third-order valence-electron chi connectivity index (χ3n) is 4.94. The second kappa shape index (κ2) is 7.98. The van der Waals surface area contributed by atoms with Crippen molar-refractivity contribution >= 4 is 57.5 Å². The van der Waals surface area contributed by atoms with Crippen LogP contribution in [0.3, 0.4) is 0 Å². The molecule has 2 heterocycles. The first-order chi connectivity index (χ1) is 14.6. The quantitative estimate of drug-likeness (QED) is 0.358. The van der Waals surface area contributed by atoms with E-state index in [-0.39, 0.29) is 11.7 Å². The number of nitrogens with zero attached hydrogens (tertiary/aromatic N) is 3. The van der Waals surface area contributed by atoms with Crippen molar-refractivity contribution in [1.82, 2.24) is 19.7 Å². The Labute approximate surface area is 187 Å². The molecule has 1 aliphatic rings. The molecule has 0 spiro atoms. The van der Waals surface area contributed by atoms with Gasteiger partial charge in [-0.2, -0.15) is 0 Å². The normalized spacial score (nSPS) is 13.7. The summed E-state index contributed by atoms with van der Waals surface area (Å²) in [7, 11) is 0. The molecule has 0 bridgehead atoms. The van der Waals surface area contributed by atoms with Crippen molar-refractivity contribution < 1.29 is 4.79 Å². The van der Waals surface area contributed by atoms with Gasteiger partial charge in [-0.05, 0) is 37.1 Å². The smallest absolute Gasteiger partial charge is 0.234 e. The van der Waals surface area contributed by atoms with Gasteiger partial charge in [0, 0.05) is 33.7 Å². The van der Waals surface area contributed by atoms with Gasteiger partial charge in [0.1, 0.15) is 0 Å². The number of para-hydroxylation sites is 1. The highest BCUT2D eigenvalue weighted by molar-refractivity contribution is 7.99. The molecule has 9 heteroatoms. The number of anilines is 1. The lowest BCUT2D eigenvalue weighted by atomic mass is 10.1. The number of hydrogen-bond acceptors (Lipinski definition) is 4. The topological polar surface area (TPSA) is 75.6 Å². The van der Waals surface area contributed by atoms with Gasteiger partial charge in [-0.15, -0.1) is 10.2 Å². The molecule has 0 saturated heterocycles. The highest BCUT2D eigenvalue weighted by Crippen LogP contribution is 2.42. The fraction of sp³-hybridized carbons (Fsp3) is 0.190. The zero-order chi connectivity index (χ0) is 20.7. The standard InChI is InChI=1S/C21H17Cl2N5OS/c22-12-5-8-16(23)18(9-12)25-19(29)11-30-21-27-26-20(28(21)13-6-7-13)15-10-24-17-4-2-1-3-14(15)17/h1-5,8-10,13,24H,6-7,11H2,(H,25,29). The number of halogens is 2.